The van der Waals surface area contributed by atoms with Gasteiger partial charge in [-0.25, -0.2) is 0 Å². The highest BCUT2D eigenvalue weighted by molar-refractivity contribution is 5.96. The minimum Gasteiger partial charge on any atom is -0.479 e. The third-order valence-corrected chi connectivity index (χ3v) is 2.81. The maximum Gasteiger partial charge on any atom is 0.258 e. The highest BCUT2D eigenvalue weighted by atomic mass is 16.5. The molecule has 0 saturated carbocycles. The van der Waals surface area contributed by atoms with E-state index >= 15 is 0 Å². The summed E-state index contributed by atoms with van der Waals surface area (Å²) >= 11 is 0. The zero-order valence-corrected chi connectivity index (χ0v) is 11.4. The van der Waals surface area contributed by atoms with E-state index in [4.69, 9.17) is 9.15 Å². The van der Waals surface area contributed by atoms with Crippen LogP contribution in [0.1, 0.15) is 28.6 Å². The predicted molar refractivity (Wildman–Crippen MR) is 70.4 cm³/mol. The predicted octanol–water partition coefficient (Wildman–Crippen LogP) is 0.875. The number of aryl methyl sites for hydroxylation is 1. The van der Waals surface area contributed by atoms with Crippen LogP contribution in [0.3, 0.4) is 0 Å². The number of aliphatic hydroxyl groups excluding tert-OH is 1. The van der Waals surface area contributed by atoms with Gasteiger partial charge in [-0.3, -0.25) is 9.48 Å². The molecule has 2 aromatic heterocycles. The lowest BCUT2D eigenvalue weighted by Crippen LogP contribution is -2.25. The van der Waals surface area contributed by atoms with Crippen LogP contribution in [0.15, 0.2) is 29.0 Å². The minimum atomic E-state index is -0.735. The van der Waals surface area contributed by atoms with E-state index in [9.17, 15) is 9.90 Å². The monoisotopic (exact) mass is 279 g/mol. The van der Waals surface area contributed by atoms with Crippen molar-refractivity contribution in [2.24, 2.45) is 7.05 Å². The molecule has 1 atom stereocenters. The zero-order chi connectivity index (χ0) is 14.5. The molecule has 2 rings (SSSR count). The van der Waals surface area contributed by atoms with Gasteiger partial charge in [0.25, 0.3) is 5.91 Å². The van der Waals surface area contributed by atoms with E-state index in [1.54, 1.807) is 25.4 Å². The first-order valence-electron chi connectivity index (χ1n) is 6.19. The van der Waals surface area contributed by atoms with Crippen molar-refractivity contribution in [2.75, 3.05) is 13.7 Å². The van der Waals surface area contributed by atoms with E-state index in [1.165, 1.54) is 18.1 Å². The lowest BCUT2D eigenvalue weighted by atomic mass is 10.2. The van der Waals surface area contributed by atoms with E-state index in [0.717, 1.165) is 0 Å². The standard InChI is InChI=1S/C13H17N3O4/c1-16-8-9(13(15-16)19-2)12(18)14-6-5-10(17)11-4-3-7-20-11/h3-4,7-8,10,17H,5-6H2,1-2H3,(H,14,18). The van der Waals surface area contributed by atoms with Crippen LogP contribution in [0.4, 0.5) is 0 Å². The second-order valence-corrected chi connectivity index (χ2v) is 4.30. The van der Waals surface area contributed by atoms with Gasteiger partial charge in [0.1, 0.15) is 17.4 Å². The number of ether oxygens (including phenoxy) is 1. The first kappa shape index (κ1) is 14.1. The van der Waals surface area contributed by atoms with Gasteiger partial charge in [-0.2, -0.15) is 0 Å². The van der Waals surface area contributed by atoms with Gasteiger partial charge in [0.2, 0.25) is 5.88 Å². The number of carbonyl (C=O) groups excluding carboxylic acids is 1. The van der Waals surface area contributed by atoms with Gasteiger partial charge in [0.15, 0.2) is 0 Å². The SMILES string of the molecule is COc1nn(C)cc1C(=O)NCCC(O)c1ccco1. The highest BCUT2D eigenvalue weighted by Gasteiger charge is 2.17. The third-order valence-electron chi connectivity index (χ3n) is 2.81. The molecular weight excluding hydrogens is 262 g/mol. The normalized spacial score (nSPS) is 12.2. The summed E-state index contributed by atoms with van der Waals surface area (Å²) in [5.74, 6) is 0.469. The van der Waals surface area contributed by atoms with Crippen LogP contribution in [0, 0.1) is 0 Å². The average Bonchev–Trinajstić information content (AvgIpc) is 3.07. The summed E-state index contributed by atoms with van der Waals surface area (Å²) in [6.45, 7) is 0.318. The van der Waals surface area contributed by atoms with Crippen LogP contribution in [0.2, 0.25) is 0 Å². The number of aliphatic hydroxyl groups is 1. The van der Waals surface area contributed by atoms with Crippen molar-refractivity contribution in [3.63, 3.8) is 0 Å². The fourth-order valence-corrected chi connectivity index (χ4v) is 1.82. The minimum absolute atomic E-state index is 0.275. The van der Waals surface area contributed by atoms with Gasteiger partial charge < -0.3 is 19.6 Å². The highest BCUT2D eigenvalue weighted by Crippen LogP contribution is 2.17. The second-order valence-electron chi connectivity index (χ2n) is 4.30. The number of methoxy groups -OCH3 is 1. The van der Waals surface area contributed by atoms with Crippen LogP contribution in [0.25, 0.3) is 0 Å². The maximum atomic E-state index is 12.0. The number of hydrogen-bond donors (Lipinski definition) is 2. The molecule has 20 heavy (non-hydrogen) atoms. The largest absolute Gasteiger partial charge is 0.479 e. The summed E-state index contributed by atoms with van der Waals surface area (Å²) < 4.78 is 11.6. The fourth-order valence-electron chi connectivity index (χ4n) is 1.82. The molecule has 0 saturated heterocycles. The number of rotatable bonds is 6. The number of carbonyl (C=O) groups is 1. The molecule has 2 heterocycles. The van der Waals surface area contributed by atoms with Crippen LogP contribution in [0.5, 0.6) is 5.88 Å². The molecule has 7 heteroatoms. The molecule has 7 nitrogen and oxygen atoms in total. The maximum absolute atomic E-state index is 12.0. The number of aromatic nitrogens is 2. The number of furan rings is 1. The Balaban J connectivity index is 1.86. The van der Waals surface area contributed by atoms with E-state index in [1.807, 2.05) is 0 Å². The summed E-state index contributed by atoms with van der Waals surface area (Å²) in [5.41, 5.74) is 0.363. The Labute approximate surface area is 116 Å². The molecular formula is C13H17N3O4. The van der Waals surface area contributed by atoms with E-state index in [0.29, 0.717) is 24.3 Å². The molecule has 108 valence electrons. The van der Waals surface area contributed by atoms with E-state index in [2.05, 4.69) is 10.4 Å². The summed E-state index contributed by atoms with van der Waals surface area (Å²) in [6, 6.07) is 3.40. The van der Waals surface area contributed by atoms with Crippen LogP contribution in [-0.4, -0.2) is 34.4 Å². The fraction of sp³-hybridized carbons (Fsp3) is 0.385. The molecule has 0 fully saturated rings. The Hall–Kier alpha value is -2.28. The molecule has 0 radical (unpaired) electrons. The molecule has 2 N–H and O–H groups in total. The summed E-state index contributed by atoms with van der Waals surface area (Å²) in [7, 11) is 3.17. The third kappa shape index (κ3) is 3.18. The van der Waals surface area contributed by atoms with Gasteiger partial charge in [-0.05, 0) is 18.6 Å². The van der Waals surface area contributed by atoms with E-state index < -0.39 is 6.10 Å². The lowest BCUT2D eigenvalue weighted by Gasteiger charge is -2.08. The molecule has 0 spiro atoms. The zero-order valence-electron chi connectivity index (χ0n) is 11.4. The molecule has 0 aliphatic carbocycles. The Morgan fingerprint density at radius 1 is 1.65 bits per heavy atom. The summed E-state index contributed by atoms with van der Waals surface area (Å²) in [5, 5.41) is 16.5. The summed E-state index contributed by atoms with van der Waals surface area (Å²) in [6.07, 6.45) is 2.71. The number of nitrogens with one attached hydrogen (secondary N) is 1. The Bertz CT molecular complexity index is 562. The van der Waals surface area contributed by atoms with Crippen LogP contribution < -0.4 is 10.1 Å². The number of amides is 1. The van der Waals surface area contributed by atoms with Crippen LogP contribution >= 0.6 is 0 Å². The summed E-state index contributed by atoms with van der Waals surface area (Å²) in [4.78, 5) is 12.0. The Morgan fingerprint density at radius 3 is 3.10 bits per heavy atom. The van der Waals surface area contributed by atoms with Gasteiger partial charge in [0.05, 0.1) is 13.4 Å². The average molecular weight is 279 g/mol. The van der Waals surface area contributed by atoms with Gasteiger partial charge in [-0.15, -0.1) is 5.10 Å². The molecule has 0 aromatic carbocycles. The van der Waals surface area contributed by atoms with Crippen LogP contribution in [-0.2, 0) is 7.05 Å². The smallest absolute Gasteiger partial charge is 0.258 e. The number of nitrogens with zero attached hydrogens (tertiary/aromatic N) is 2. The molecule has 0 bridgehead atoms. The topological polar surface area (TPSA) is 89.5 Å². The van der Waals surface area contributed by atoms with Gasteiger partial charge in [-0.1, -0.05) is 0 Å². The van der Waals surface area contributed by atoms with E-state index in [-0.39, 0.29) is 11.8 Å². The number of hydrogen-bond acceptors (Lipinski definition) is 5. The van der Waals surface area contributed by atoms with Crippen molar-refractivity contribution >= 4 is 5.91 Å². The Morgan fingerprint density at radius 2 is 2.45 bits per heavy atom. The first-order chi connectivity index (χ1) is 9.61. The van der Waals surface area contributed by atoms with Crippen molar-refractivity contribution in [2.45, 2.75) is 12.5 Å². The van der Waals surface area contributed by atoms with Crippen molar-refractivity contribution in [1.82, 2.24) is 15.1 Å². The van der Waals surface area contributed by atoms with Gasteiger partial charge >= 0.3 is 0 Å². The molecule has 1 amide bonds. The Kier molecular flexibility index (Phi) is 4.41. The molecule has 0 aliphatic heterocycles. The van der Waals surface area contributed by atoms with Crippen molar-refractivity contribution < 1.29 is 19.1 Å². The lowest BCUT2D eigenvalue weighted by molar-refractivity contribution is 0.0933. The van der Waals surface area contributed by atoms with Gasteiger partial charge in [0, 0.05) is 19.8 Å². The molecule has 0 aliphatic rings. The molecule has 1 unspecified atom stereocenters. The first-order valence-corrected chi connectivity index (χ1v) is 6.19. The second kappa shape index (κ2) is 6.25. The molecule has 2 aromatic rings. The van der Waals surface area contributed by atoms with Crippen molar-refractivity contribution in [3.8, 4) is 5.88 Å². The van der Waals surface area contributed by atoms with Crippen molar-refractivity contribution in [3.05, 3.63) is 35.9 Å². The van der Waals surface area contributed by atoms with Crippen molar-refractivity contribution in [1.29, 1.82) is 0 Å². The quantitative estimate of drug-likeness (QED) is 0.819.